The van der Waals surface area contributed by atoms with Gasteiger partial charge in [-0.15, -0.1) is 0 Å². The fraction of sp³-hybridized carbons (Fsp3) is 0.444. The molecule has 1 aliphatic heterocycles. The minimum Gasteiger partial charge on any atom is -0.338 e. The number of fused-ring (bicyclic) bond motifs is 1. The number of hydrogen-bond donors (Lipinski definition) is 0. The largest absolute Gasteiger partial charge is 0.338 e. The van der Waals surface area contributed by atoms with Gasteiger partial charge in [0.1, 0.15) is 0 Å². The van der Waals surface area contributed by atoms with E-state index in [4.69, 9.17) is 0 Å². The number of rotatable bonds is 5. The molecule has 0 saturated carbocycles. The monoisotopic (exact) mass is 346 g/mol. The average Bonchev–Trinajstić information content (AvgIpc) is 2.92. The molecule has 1 amide bonds. The molecule has 0 radical (unpaired) electrons. The summed E-state index contributed by atoms with van der Waals surface area (Å²) < 4.78 is 23.5. The average molecular weight is 346 g/mol. The van der Waals surface area contributed by atoms with E-state index in [9.17, 15) is 13.2 Å². The third kappa shape index (κ3) is 3.59. The Bertz CT molecular complexity index is 843. The van der Waals surface area contributed by atoms with E-state index in [0.717, 1.165) is 22.9 Å². The van der Waals surface area contributed by atoms with Gasteiger partial charge in [0.15, 0.2) is 9.84 Å². The molecule has 0 spiro atoms. The molecular formula is C18H22N2O3S. The fourth-order valence-corrected chi connectivity index (χ4v) is 5.08. The van der Waals surface area contributed by atoms with E-state index in [1.165, 1.54) is 0 Å². The highest BCUT2D eigenvalue weighted by atomic mass is 32.2. The van der Waals surface area contributed by atoms with E-state index in [1.54, 1.807) is 11.1 Å². The Morgan fingerprint density at radius 3 is 2.79 bits per heavy atom. The molecule has 1 aromatic heterocycles. The maximum Gasteiger partial charge on any atom is 0.227 e. The molecule has 2 heterocycles. The second-order valence-electron chi connectivity index (χ2n) is 6.31. The second kappa shape index (κ2) is 6.89. The molecule has 1 fully saturated rings. The summed E-state index contributed by atoms with van der Waals surface area (Å²) in [5.41, 5.74) is 1.73. The highest BCUT2D eigenvalue weighted by Crippen LogP contribution is 2.21. The van der Waals surface area contributed by atoms with Gasteiger partial charge in [-0.25, -0.2) is 8.42 Å². The van der Waals surface area contributed by atoms with Crippen molar-refractivity contribution >= 4 is 26.6 Å². The van der Waals surface area contributed by atoms with Crippen molar-refractivity contribution in [3.8, 4) is 0 Å². The van der Waals surface area contributed by atoms with Gasteiger partial charge < -0.3 is 4.90 Å². The van der Waals surface area contributed by atoms with Crippen LogP contribution in [0.5, 0.6) is 0 Å². The van der Waals surface area contributed by atoms with Gasteiger partial charge in [-0.2, -0.15) is 0 Å². The molecule has 1 aromatic carbocycles. The summed E-state index contributed by atoms with van der Waals surface area (Å²) in [5, 5.41) is 1.01. The summed E-state index contributed by atoms with van der Waals surface area (Å²) in [6, 6.07) is 9.48. The van der Waals surface area contributed by atoms with Gasteiger partial charge >= 0.3 is 0 Å². The molecule has 1 aliphatic rings. The predicted octanol–water partition coefficient (Wildman–Crippen LogP) is 2.20. The number of pyridine rings is 1. The third-order valence-corrected chi connectivity index (χ3v) is 6.24. The summed E-state index contributed by atoms with van der Waals surface area (Å²) in [5.74, 6) is 0.255. The number of aromatic nitrogens is 1. The number of nitrogens with zero attached hydrogens (tertiary/aromatic N) is 2. The predicted molar refractivity (Wildman–Crippen MR) is 94.5 cm³/mol. The normalized spacial score (nSPS) is 19.5. The van der Waals surface area contributed by atoms with Crippen molar-refractivity contribution in [2.45, 2.75) is 32.2 Å². The second-order valence-corrected chi connectivity index (χ2v) is 8.54. The smallest absolute Gasteiger partial charge is 0.227 e. The highest BCUT2D eigenvalue weighted by Gasteiger charge is 2.34. The fourth-order valence-electron chi connectivity index (χ4n) is 3.35. The number of sulfone groups is 1. The Morgan fingerprint density at radius 2 is 2.08 bits per heavy atom. The van der Waals surface area contributed by atoms with Gasteiger partial charge in [-0.1, -0.05) is 31.2 Å². The van der Waals surface area contributed by atoms with E-state index in [1.807, 2.05) is 37.3 Å². The Labute approximate surface area is 142 Å². The molecule has 1 unspecified atom stereocenters. The topological polar surface area (TPSA) is 67.3 Å². The Morgan fingerprint density at radius 1 is 1.29 bits per heavy atom. The summed E-state index contributed by atoms with van der Waals surface area (Å²) in [7, 11) is -3.01. The maximum absolute atomic E-state index is 12.8. The van der Waals surface area contributed by atoms with Gasteiger partial charge in [-0.3, -0.25) is 9.78 Å². The van der Waals surface area contributed by atoms with Crippen molar-refractivity contribution in [2.75, 3.05) is 18.1 Å². The third-order valence-electron chi connectivity index (χ3n) is 4.49. The molecule has 6 heteroatoms. The quantitative estimate of drug-likeness (QED) is 0.832. The molecule has 3 rings (SSSR count). The lowest BCUT2D eigenvalue weighted by molar-refractivity contribution is -0.132. The molecule has 0 bridgehead atoms. The molecule has 2 aromatic rings. The van der Waals surface area contributed by atoms with Crippen LogP contribution in [0, 0.1) is 0 Å². The van der Waals surface area contributed by atoms with E-state index in [2.05, 4.69) is 4.98 Å². The molecule has 5 nitrogen and oxygen atoms in total. The number of benzene rings is 1. The van der Waals surface area contributed by atoms with Gasteiger partial charge in [0.2, 0.25) is 5.91 Å². The SMILES string of the molecule is CCCN(C(=O)Cc1cccc2cccnc12)C1CCS(=O)(=O)C1. The lowest BCUT2D eigenvalue weighted by atomic mass is 10.1. The zero-order valence-corrected chi connectivity index (χ0v) is 14.6. The number of para-hydroxylation sites is 1. The van der Waals surface area contributed by atoms with Crippen molar-refractivity contribution in [1.82, 2.24) is 9.88 Å². The highest BCUT2D eigenvalue weighted by molar-refractivity contribution is 7.91. The van der Waals surface area contributed by atoms with E-state index >= 15 is 0 Å². The molecule has 128 valence electrons. The van der Waals surface area contributed by atoms with Crippen LogP contribution in [0.15, 0.2) is 36.5 Å². The van der Waals surface area contributed by atoms with Crippen molar-refractivity contribution in [2.24, 2.45) is 0 Å². The van der Waals surface area contributed by atoms with Crippen LogP contribution in [-0.4, -0.2) is 48.3 Å². The lowest BCUT2D eigenvalue weighted by Gasteiger charge is -2.28. The van der Waals surface area contributed by atoms with Crippen LogP contribution in [0.25, 0.3) is 10.9 Å². The Balaban J connectivity index is 1.83. The lowest BCUT2D eigenvalue weighted by Crippen LogP contribution is -2.42. The zero-order valence-electron chi connectivity index (χ0n) is 13.8. The summed E-state index contributed by atoms with van der Waals surface area (Å²) in [6.45, 7) is 2.60. The number of carbonyl (C=O) groups excluding carboxylic acids is 1. The molecule has 0 N–H and O–H groups in total. The first-order chi connectivity index (χ1) is 11.5. The van der Waals surface area contributed by atoms with Crippen molar-refractivity contribution in [3.05, 3.63) is 42.1 Å². The van der Waals surface area contributed by atoms with Crippen LogP contribution >= 0.6 is 0 Å². The Hall–Kier alpha value is -1.95. The molecule has 1 atom stereocenters. The first kappa shape index (κ1) is 16.9. The van der Waals surface area contributed by atoms with Crippen LogP contribution < -0.4 is 0 Å². The first-order valence-corrected chi connectivity index (χ1v) is 10.1. The summed E-state index contributed by atoms with van der Waals surface area (Å²) in [6.07, 6.45) is 3.34. The molecule has 24 heavy (non-hydrogen) atoms. The summed E-state index contributed by atoms with van der Waals surface area (Å²) in [4.78, 5) is 19.0. The van der Waals surface area contributed by atoms with Crippen LogP contribution in [-0.2, 0) is 21.1 Å². The van der Waals surface area contributed by atoms with E-state index in [0.29, 0.717) is 13.0 Å². The van der Waals surface area contributed by atoms with Crippen LogP contribution in [0.1, 0.15) is 25.3 Å². The van der Waals surface area contributed by atoms with Crippen molar-refractivity contribution in [3.63, 3.8) is 0 Å². The zero-order chi connectivity index (χ0) is 17.2. The molecule has 0 aliphatic carbocycles. The van der Waals surface area contributed by atoms with Gasteiger partial charge in [-0.05, 0) is 24.5 Å². The number of carbonyl (C=O) groups is 1. The Kier molecular flexibility index (Phi) is 4.85. The minimum absolute atomic E-state index is 0.0166. The maximum atomic E-state index is 12.8. The van der Waals surface area contributed by atoms with Crippen molar-refractivity contribution < 1.29 is 13.2 Å². The van der Waals surface area contributed by atoms with Gasteiger partial charge in [0.05, 0.1) is 23.4 Å². The number of hydrogen-bond acceptors (Lipinski definition) is 4. The van der Waals surface area contributed by atoms with Crippen molar-refractivity contribution in [1.29, 1.82) is 0 Å². The summed E-state index contributed by atoms with van der Waals surface area (Å²) >= 11 is 0. The molecule has 1 saturated heterocycles. The molecular weight excluding hydrogens is 324 g/mol. The van der Waals surface area contributed by atoms with Gasteiger partial charge in [0, 0.05) is 24.2 Å². The van der Waals surface area contributed by atoms with E-state index < -0.39 is 9.84 Å². The first-order valence-electron chi connectivity index (χ1n) is 8.32. The minimum atomic E-state index is -3.01. The van der Waals surface area contributed by atoms with Crippen LogP contribution in [0.4, 0.5) is 0 Å². The van der Waals surface area contributed by atoms with Crippen LogP contribution in [0.2, 0.25) is 0 Å². The number of amides is 1. The standard InChI is InChI=1S/C18H22N2O3S/c1-2-10-20(16-8-11-24(22,23)13-16)17(21)12-15-6-3-5-14-7-4-9-19-18(14)15/h3-7,9,16H,2,8,10-13H2,1H3. The van der Waals surface area contributed by atoms with E-state index in [-0.39, 0.29) is 29.9 Å². The van der Waals surface area contributed by atoms with Crippen LogP contribution in [0.3, 0.4) is 0 Å². The van der Waals surface area contributed by atoms with Gasteiger partial charge in [0.25, 0.3) is 0 Å².